The molecule has 16 heavy (non-hydrogen) atoms. The monoisotopic (exact) mass is 241 g/mol. The molecule has 2 nitrogen and oxygen atoms in total. The van der Waals surface area contributed by atoms with Crippen LogP contribution in [0.3, 0.4) is 0 Å². The summed E-state index contributed by atoms with van der Waals surface area (Å²) in [4.78, 5) is 1.29. The summed E-state index contributed by atoms with van der Waals surface area (Å²) in [6, 6.07) is 4.17. The second-order valence-corrected chi connectivity index (χ2v) is 5.85. The lowest BCUT2D eigenvalue weighted by molar-refractivity contribution is 0.0498. The van der Waals surface area contributed by atoms with Gasteiger partial charge in [0.05, 0.1) is 12.7 Å². The van der Waals surface area contributed by atoms with Crippen molar-refractivity contribution in [3.8, 4) is 0 Å². The number of rotatable bonds is 7. The zero-order chi connectivity index (χ0) is 12.0. The van der Waals surface area contributed by atoms with Crippen LogP contribution in [0.15, 0.2) is 17.5 Å². The van der Waals surface area contributed by atoms with Crippen LogP contribution in [0.1, 0.15) is 39.0 Å². The van der Waals surface area contributed by atoms with Crippen LogP contribution in [0.25, 0.3) is 0 Å². The van der Waals surface area contributed by atoms with Gasteiger partial charge in [0, 0.05) is 17.0 Å². The summed E-state index contributed by atoms with van der Waals surface area (Å²) >= 11 is 1.75. The normalized spacial score (nSPS) is 14.0. The van der Waals surface area contributed by atoms with Gasteiger partial charge in [-0.2, -0.15) is 0 Å². The molecular weight excluding hydrogens is 218 g/mol. The summed E-state index contributed by atoms with van der Waals surface area (Å²) in [6.45, 7) is 10.4. The second kappa shape index (κ2) is 6.38. The Bertz CT molecular complexity index is 282. The van der Waals surface area contributed by atoms with Crippen LogP contribution >= 0.6 is 11.3 Å². The van der Waals surface area contributed by atoms with Crippen molar-refractivity contribution in [2.24, 2.45) is 0 Å². The van der Waals surface area contributed by atoms with E-state index in [0.717, 1.165) is 19.6 Å². The lowest BCUT2D eigenvalue weighted by Crippen LogP contribution is -2.42. The molecule has 0 saturated heterocycles. The molecule has 1 atom stereocenters. The number of nitrogens with one attached hydrogen (secondary N) is 1. The largest absolute Gasteiger partial charge is 0.372 e. The number of ether oxygens (including phenoxy) is 1. The third-order valence-corrected chi connectivity index (χ3v) is 3.69. The fourth-order valence-electron chi connectivity index (χ4n) is 1.22. The third kappa shape index (κ3) is 5.10. The van der Waals surface area contributed by atoms with E-state index < -0.39 is 0 Å². The maximum absolute atomic E-state index is 5.77. The first-order valence-corrected chi connectivity index (χ1v) is 6.80. The molecule has 0 amide bonds. The Morgan fingerprint density at radius 1 is 1.50 bits per heavy atom. The minimum Gasteiger partial charge on any atom is -0.372 e. The molecule has 0 bridgehead atoms. The SMILES string of the molecule is CCC(C)(C)NCC(C)OCc1cccs1. The van der Waals surface area contributed by atoms with E-state index in [0.29, 0.717) is 0 Å². The summed E-state index contributed by atoms with van der Waals surface area (Å²) in [6.07, 6.45) is 1.39. The van der Waals surface area contributed by atoms with E-state index in [4.69, 9.17) is 4.74 Å². The van der Waals surface area contributed by atoms with E-state index in [1.54, 1.807) is 11.3 Å². The molecule has 1 aromatic heterocycles. The minimum atomic E-state index is 0.209. The fraction of sp³-hybridized carbons (Fsp3) is 0.692. The molecule has 0 fully saturated rings. The molecule has 0 spiro atoms. The molecule has 1 rings (SSSR count). The Morgan fingerprint density at radius 3 is 2.81 bits per heavy atom. The molecule has 1 heterocycles. The molecule has 0 radical (unpaired) electrons. The van der Waals surface area contributed by atoms with Gasteiger partial charge in [0.15, 0.2) is 0 Å². The molecule has 0 saturated carbocycles. The van der Waals surface area contributed by atoms with Gasteiger partial charge < -0.3 is 10.1 Å². The van der Waals surface area contributed by atoms with E-state index in [1.807, 2.05) is 0 Å². The van der Waals surface area contributed by atoms with Crippen molar-refractivity contribution in [3.63, 3.8) is 0 Å². The van der Waals surface area contributed by atoms with Gasteiger partial charge in [-0.3, -0.25) is 0 Å². The fourth-order valence-corrected chi connectivity index (χ4v) is 1.85. The van der Waals surface area contributed by atoms with Crippen LogP contribution < -0.4 is 5.32 Å². The van der Waals surface area contributed by atoms with Crippen LogP contribution in [0, 0.1) is 0 Å². The molecule has 92 valence electrons. The van der Waals surface area contributed by atoms with E-state index in [1.165, 1.54) is 4.88 Å². The predicted octanol–water partition coefficient (Wildman–Crippen LogP) is 3.43. The molecule has 1 aromatic rings. The topological polar surface area (TPSA) is 21.3 Å². The van der Waals surface area contributed by atoms with Crippen molar-refractivity contribution in [1.29, 1.82) is 0 Å². The standard InChI is InChI=1S/C13H23NOS/c1-5-13(3,4)14-9-11(2)15-10-12-7-6-8-16-12/h6-8,11,14H,5,9-10H2,1-4H3. The second-order valence-electron chi connectivity index (χ2n) is 4.82. The van der Waals surface area contributed by atoms with Crippen LogP contribution in [-0.4, -0.2) is 18.2 Å². The summed E-state index contributed by atoms with van der Waals surface area (Å²) in [7, 11) is 0. The van der Waals surface area contributed by atoms with Gasteiger partial charge >= 0.3 is 0 Å². The zero-order valence-electron chi connectivity index (χ0n) is 10.7. The lowest BCUT2D eigenvalue weighted by Gasteiger charge is -2.26. The first kappa shape index (κ1) is 13.7. The number of thiophene rings is 1. The molecule has 1 unspecified atom stereocenters. The number of hydrogen-bond acceptors (Lipinski definition) is 3. The molecule has 0 aromatic carbocycles. The van der Waals surface area contributed by atoms with Crippen molar-refractivity contribution in [1.82, 2.24) is 5.32 Å². The quantitative estimate of drug-likeness (QED) is 0.789. The highest BCUT2D eigenvalue weighted by atomic mass is 32.1. The van der Waals surface area contributed by atoms with Crippen molar-refractivity contribution in [3.05, 3.63) is 22.4 Å². The minimum absolute atomic E-state index is 0.209. The Morgan fingerprint density at radius 2 is 2.25 bits per heavy atom. The smallest absolute Gasteiger partial charge is 0.0813 e. The van der Waals surface area contributed by atoms with Crippen molar-refractivity contribution >= 4 is 11.3 Å². The van der Waals surface area contributed by atoms with Crippen LogP contribution in [0.2, 0.25) is 0 Å². The van der Waals surface area contributed by atoms with Gasteiger partial charge in [0.1, 0.15) is 0 Å². The van der Waals surface area contributed by atoms with Crippen LogP contribution in [0.4, 0.5) is 0 Å². The van der Waals surface area contributed by atoms with Crippen molar-refractivity contribution in [2.75, 3.05) is 6.54 Å². The van der Waals surface area contributed by atoms with E-state index >= 15 is 0 Å². The third-order valence-electron chi connectivity index (χ3n) is 2.84. The zero-order valence-corrected chi connectivity index (χ0v) is 11.6. The summed E-state index contributed by atoms with van der Waals surface area (Å²) in [5.74, 6) is 0. The first-order chi connectivity index (χ1) is 7.53. The van der Waals surface area contributed by atoms with Crippen molar-refractivity contribution < 1.29 is 4.74 Å². The molecule has 1 N–H and O–H groups in total. The van der Waals surface area contributed by atoms with Gasteiger partial charge in [-0.1, -0.05) is 13.0 Å². The highest BCUT2D eigenvalue weighted by Crippen LogP contribution is 2.11. The lowest BCUT2D eigenvalue weighted by atomic mass is 10.0. The number of hydrogen-bond donors (Lipinski definition) is 1. The van der Waals surface area contributed by atoms with Gasteiger partial charge in [0.2, 0.25) is 0 Å². The highest BCUT2D eigenvalue weighted by Gasteiger charge is 2.15. The molecule has 3 heteroatoms. The molecule has 0 aliphatic rings. The van der Waals surface area contributed by atoms with Gasteiger partial charge in [-0.05, 0) is 38.6 Å². The van der Waals surface area contributed by atoms with E-state index in [2.05, 4.69) is 50.5 Å². The molecule has 0 aliphatic carbocycles. The highest BCUT2D eigenvalue weighted by molar-refractivity contribution is 7.09. The Kier molecular flexibility index (Phi) is 5.46. The Hall–Kier alpha value is -0.380. The Balaban J connectivity index is 2.18. The van der Waals surface area contributed by atoms with Crippen LogP contribution in [0.5, 0.6) is 0 Å². The van der Waals surface area contributed by atoms with Gasteiger partial charge in [-0.15, -0.1) is 11.3 Å². The van der Waals surface area contributed by atoms with Gasteiger partial charge in [0.25, 0.3) is 0 Å². The molecule has 0 aliphatic heterocycles. The average molecular weight is 241 g/mol. The predicted molar refractivity (Wildman–Crippen MR) is 70.9 cm³/mol. The first-order valence-electron chi connectivity index (χ1n) is 5.92. The van der Waals surface area contributed by atoms with Crippen molar-refractivity contribution in [2.45, 2.75) is 52.4 Å². The molecular formula is C13H23NOS. The van der Waals surface area contributed by atoms with Crippen LogP contribution in [-0.2, 0) is 11.3 Å². The Labute approximate surface area is 103 Å². The summed E-state index contributed by atoms with van der Waals surface area (Å²) in [5, 5.41) is 5.60. The summed E-state index contributed by atoms with van der Waals surface area (Å²) < 4.78 is 5.77. The van der Waals surface area contributed by atoms with E-state index in [9.17, 15) is 0 Å². The maximum Gasteiger partial charge on any atom is 0.0813 e. The average Bonchev–Trinajstić information content (AvgIpc) is 2.76. The van der Waals surface area contributed by atoms with Gasteiger partial charge in [-0.25, -0.2) is 0 Å². The maximum atomic E-state index is 5.77. The summed E-state index contributed by atoms with van der Waals surface area (Å²) in [5.41, 5.74) is 0.209. The van der Waals surface area contributed by atoms with E-state index in [-0.39, 0.29) is 11.6 Å².